The van der Waals surface area contributed by atoms with Crippen LogP contribution in [0.3, 0.4) is 0 Å². The largest absolute Gasteiger partial charge is 0.465 e. The van der Waals surface area contributed by atoms with E-state index in [1.54, 1.807) is 0 Å². The molecule has 0 saturated heterocycles. The maximum Gasteiger partial charge on any atom is 0.314 e. The van der Waals surface area contributed by atoms with Crippen molar-refractivity contribution >= 4 is 5.97 Å². The Labute approximate surface area is 190 Å². The normalized spacial score (nSPS) is 12.2. The smallest absolute Gasteiger partial charge is 0.314 e. The average molecular weight is 421 g/mol. The van der Waals surface area contributed by atoms with Crippen LogP contribution in [-0.2, 0) is 21.4 Å². The van der Waals surface area contributed by atoms with Crippen LogP contribution in [0.2, 0.25) is 0 Å². The Hall–Kier alpha value is -3.65. The first-order valence-electron chi connectivity index (χ1n) is 11.1. The third kappa shape index (κ3) is 4.36. The predicted molar refractivity (Wildman–Crippen MR) is 130 cm³/mol. The van der Waals surface area contributed by atoms with Crippen LogP contribution >= 0.6 is 0 Å². The van der Waals surface area contributed by atoms with E-state index in [-0.39, 0.29) is 5.97 Å². The van der Waals surface area contributed by atoms with Crippen LogP contribution in [0.5, 0.6) is 0 Å². The molecule has 0 amide bonds. The van der Waals surface area contributed by atoms with Gasteiger partial charge in [0, 0.05) is 5.41 Å². The second-order valence-corrected chi connectivity index (χ2v) is 7.96. The number of rotatable bonds is 8. The van der Waals surface area contributed by atoms with Gasteiger partial charge in [-0.15, -0.1) is 0 Å². The van der Waals surface area contributed by atoms with E-state index in [9.17, 15) is 4.79 Å². The van der Waals surface area contributed by atoms with E-state index in [4.69, 9.17) is 4.74 Å². The number of ether oxygens (including phenoxy) is 1. The maximum atomic E-state index is 13.7. The first kappa shape index (κ1) is 21.6. The van der Waals surface area contributed by atoms with Crippen molar-refractivity contribution in [2.24, 2.45) is 0 Å². The van der Waals surface area contributed by atoms with Gasteiger partial charge in [-0.05, 0) is 35.6 Å². The lowest BCUT2D eigenvalue weighted by atomic mass is 9.60. The van der Waals surface area contributed by atoms with Crippen LogP contribution in [0.1, 0.15) is 35.1 Å². The Kier molecular flexibility index (Phi) is 6.81. The van der Waals surface area contributed by atoms with E-state index >= 15 is 0 Å². The van der Waals surface area contributed by atoms with Crippen LogP contribution in [0, 0.1) is 0 Å². The number of hydrogen-bond acceptors (Lipinski definition) is 2. The van der Waals surface area contributed by atoms with Crippen LogP contribution in [0.4, 0.5) is 0 Å². The highest BCUT2D eigenvalue weighted by Crippen LogP contribution is 2.48. The van der Waals surface area contributed by atoms with Gasteiger partial charge in [-0.3, -0.25) is 4.79 Å². The number of benzene rings is 4. The SMILES string of the molecule is CCOC(=O)[C@H](c1ccccc1)C(Cc1ccccc1)(c1ccccc1)c1ccccc1. The average Bonchev–Trinajstić information content (AvgIpc) is 2.86. The first-order valence-corrected chi connectivity index (χ1v) is 11.1. The van der Waals surface area contributed by atoms with Gasteiger partial charge in [0.1, 0.15) is 0 Å². The van der Waals surface area contributed by atoms with E-state index in [0.717, 1.165) is 16.7 Å². The highest BCUT2D eigenvalue weighted by atomic mass is 16.5. The molecule has 2 nitrogen and oxygen atoms in total. The fraction of sp³-hybridized carbons (Fsp3) is 0.167. The van der Waals surface area contributed by atoms with Crippen molar-refractivity contribution in [2.75, 3.05) is 6.61 Å². The number of esters is 1. The monoisotopic (exact) mass is 420 g/mol. The Balaban J connectivity index is 2.05. The van der Waals surface area contributed by atoms with Gasteiger partial charge in [0.05, 0.1) is 12.5 Å². The van der Waals surface area contributed by atoms with E-state index < -0.39 is 11.3 Å². The van der Waals surface area contributed by atoms with Crippen LogP contribution < -0.4 is 0 Å². The topological polar surface area (TPSA) is 26.3 Å². The summed E-state index contributed by atoms with van der Waals surface area (Å²) in [6.07, 6.45) is 0.667. The Morgan fingerprint density at radius 2 is 1.12 bits per heavy atom. The zero-order valence-corrected chi connectivity index (χ0v) is 18.4. The zero-order valence-electron chi connectivity index (χ0n) is 18.4. The van der Waals surface area contributed by atoms with Gasteiger partial charge in [0.15, 0.2) is 0 Å². The zero-order chi connectivity index (χ0) is 22.2. The number of carbonyl (C=O) groups is 1. The fourth-order valence-electron chi connectivity index (χ4n) is 4.69. The molecule has 0 aliphatic heterocycles. The summed E-state index contributed by atoms with van der Waals surface area (Å²) in [5.74, 6) is -0.712. The minimum atomic E-state index is -0.641. The molecule has 0 unspecified atom stereocenters. The van der Waals surface area contributed by atoms with Crippen LogP contribution in [0.25, 0.3) is 0 Å². The van der Waals surface area contributed by atoms with Gasteiger partial charge in [-0.2, -0.15) is 0 Å². The van der Waals surface area contributed by atoms with Gasteiger partial charge in [0.2, 0.25) is 0 Å². The summed E-state index contributed by atoms with van der Waals surface area (Å²) in [6.45, 7) is 2.21. The third-order valence-electron chi connectivity index (χ3n) is 6.05. The standard InChI is InChI=1S/C30H28O2/c1-2-32-29(31)28(25-17-9-4-10-18-25)30(26-19-11-5-12-20-26,27-21-13-6-14-22-27)23-24-15-7-3-8-16-24/h3-22,28H,2,23H2,1H3/t28-/m0/s1. The van der Waals surface area contributed by atoms with E-state index in [1.807, 2.05) is 79.7 Å². The van der Waals surface area contributed by atoms with Crippen molar-refractivity contribution < 1.29 is 9.53 Å². The molecule has 0 aliphatic rings. The summed E-state index contributed by atoms with van der Waals surface area (Å²) in [6, 6.07) is 41.2. The number of hydrogen-bond donors (Lipinski definition) is 0. The Morgan fingerprint density at radius 1 is 0.688 bits per heavy atom. The second kappa shape index (κ2) is 10.1. The summed E-state index contributed by atoms with van der Waals surface area (Å²) in [7, 11) is 0. The molecule has 0 saturated carbocycles. The molecule has 0 spiro atoms. The van der Waals surface area contributed by atoms with Crippen LogP contribution in [-0.4, -0.2) is 12.6 Å². The minimum Gasteiger partial charge on any atom is -0.465 e. The molecule has 160 valence electrons. The summed E-state index contributed by atoms with van der Waals surface area (Å²) < 4.78 is 5.71. The summed E-state index contributed by atoms with van der Waals surface area (Å²) in [5, 5.41) is 0. The summed E-state index contributed by atoms with van der Waals surface area (Å²) >= 11 is 0. The molecule has 2 heteroatoms. The molecular formula is C30H28O2. The van der Waals surface area contributed by atoms with E-state index in [0.29, 0.717) is 13.0 Å². The Bertz CT molecular complexity index is 1070. The van der Waals surface area contributed by atoms with Gasteiger partial charge in [-0.1, -0.05) is 121 Å². The molecule has 0 radical (unpaired) electrons. The van der Waals surface area contributed by atoms with Gasteiger partial charge < -0.3 is 4.74 Å². The predicted octanol–water partition coefficient (Wildman–Crippen LogP) is 6.56. The molecule has 1 atom stereocenters. The molecule has 0 aliphatic carbocycles. The summed E-state index contributed by atoms with van der Waals surface area (Å²) in [5.41, 5.74) is 3.67. The molecule has 4 rings (SSSR count). The first-order chi connectivity index (χ1) is 15.8. The van der Waals surface area contributed by atoms with Crippen molar-refractivity contribution in [3.05, 3.63) is 144 Å². The van der Waals surface area contributed by atoms with Crippen molar-refractivity contribution in [3.63, 3.8) is 0 Å². The van der Waals surface area contributed by atoms with Crippen LogP contribution in [0.15, 0.2) is 121 Å². The van der Waals surface area contributed by atoms with Gasteiger partial charge in [-0.25, -0.2) is 0 Å². The van der Waals surface area contributed by atoms with Gasteiger partial charge in [0.25, 0.3) is 0 Å². The molecule has 0 fully saturated rings. The molecule has 0 heterocycles. The second-order valence-electron chi connectivity index (χ2n) is 7.96. The van der Waals surface area contributed by atoms with Crippen molar-refractivity contribution in [1.29, 1.82) is 0 Å². The van der Waals surface area contributed by atoms with Crippen molar-refractivity contribution in [2.45, 2.75) is 24.7 Å². The quantitative estimate of drug-likeness (QED) is 0.302. The molecule has 0 bridgehead atoms. The highest BCUT2D eigenvalue weighted by Gasteiger charge is 2.47. The maximum absolute atomic E-state index is 13.7. The third-order valence-corrected chi connectivity index (χ3v) is 6.05. The molecule has 4 aromatic carbocycles. The van der Waals surface area contributed by atoms with E-state index in [2.05, 4.69) is 48.5 Å². The van der Waals surface area contributed by atoms with Crippen molar-refractivity contribution in [1.82, 2.24) is 0 Å². The minimum absolute atomic E-state index is 0.206. The highest BCUT2D eigenvalue weighted by molar-refractivity contribution is 5.82. The van der Waals surface area contributed by atoms with Crippen molar-refractivity contribution in [3.8, 4) is 0 Å². The van der Waals surface area contributed by atoms with E-state index in [1.165, 1.54) is 5.56 Å². The lowest BCUT2D eigenvalue weighted by Gasteiger charge is -2.41. The molecule has 4 aromatic rings. The summed E-state index contributed by atoms with van der Waals surface area (Å²) in [4.78, 5) is 13.7. The van der Waals surface area contributed by atoms with Gasteiger partial charge >= 0.3 is 5.97 Å². The lowest BCUT2D eigenvalue weighted by molar-refractivity contribution is -0.146. The number of carbonyl (C=O) groups excluding carboxylic acids is 1. The molecular weight excluding hydrogens is 392 g/mol. The molecule has 0 N–H and O–H groups in total. The lowest BCUT2D eigenvalue weighted by Crippen LogP contribution is -2.42. The Morgan fingerprint density at radius 3 is 1.59 bits per heavy atom. The molecule has 0 aromatic heterocycles. The fourth-order valence-corrected chi connectivity index (χ4v) is 4.69. The molecule has 32 heavy (non-hydrogen) atoms.